The molecule has 0 radical (unpaired) electrons. The first kappa shape index (κ1) is 27.7. The van der Waals surface area contributed by atoms with Crippen molar-refractivity contribution in [2.24, 2.45) is 5.92 Å². The third-order valence-electron chi connectivity index (χ3n) is 6.92. The molecule has 5 nitrogen and oxygen atoms in total. The molecule has 6 heteroatoms. The third-order valence-corrected chi connectivity index (χ3v) is 7.15. The van der Waals surface area contributed by atoms with Crippen molar-refractivity contribution in [2.45, 2.75) is 83.5 Å². The molecule has 3 rings (SSSR count). The lowest BCUT2D eigenvalue weighted by Gasteiger charge is -2.31. The highest BCUT2D eigenvalue weighted by Gasteiger charge is 2.28. The van der Waals surface area contributed by atoms with E-state index in [1.807, 2.05) is 25.1 Å². The molecule has 3 N–H and O–H groups in total. The van der Waals surface area contributed by atoms with Gasteiger partial charge >= 0.3 is 5.97 Å². The minimum Gasteiger partial charge on any atom is -0.481 e. The molecule has 0 saturated heterocycles. The van der Waals surface area contributed by atoms with Crippen molar-refractivity contribution in [3.05, 3.63) is 69.7 Å². The van der Waals surface area contributed by atoms with E-state index in [-0.39, 0.29) is 24.7 Å². The number of β-amino-alcohol motifs (C(OH)–C–C–N with tert-alkyl or cyclic N) is 1. The molecule has 2 aromatic carbocycles. The fraction of sp³-hybridized carbons (Fsp3) is 0.552. The number of aliphatic hydroxyl groups is 1. The number of fused-ring (bicyclic) bond motifs is 1. The number of carbonyl (C=O) groups is 1. The van der Waals surface area contributed by atoms with E-state index in [0.29, 0.717) is 23.9 Å². The molecule has 0 aliphatic heterocycles. The lowest BCUT2D eigenvalue weighted by Crippen LogP contribution is -2.45. The van der Waals surface area contributed by atoms with E-state index in [4.69, 9.17) is 21.4 Å². The second kappa shape index (κ2) is 12.9. The van der Waals surface area contributed by atoms with Gasteiger partial charge in [-0.05, 0) is 99.6 Å². The van der Waals surface area contributed by atoms with Gasteiger partial charge in [0.15, 0.2) is 0 Å². The number of rotatable bonds is 14. The van der Waals surface area contributed by atoms with E-state index in [9.17, 15) is 9.90 Å². The average molecular weight is 502 g/mol. The summed E-state index contributed by atoms with van der Waals surface area (Å²) >= 11 is 6.20. The monoisotopic (exact) mass is 501 g/mol. The van der Waals surface area contributed by atoms with Gasteiger partial charge in [-0.1, -0.05) is 41.9 Å². The molecule has 1 aliphatic carbocycles. The highest BCUT2D eigenvalue weighted by molar-refractivity contribution is 6.30. The zero-order valence-corrected chi connectivity index (χ0v) is 22.0. The molecule has 192 valence electrons. The van der Waals surface area contributed by atoms with Crippen molar-refractivity contribution in [3.63, 3.8) is 0 Å². The quantitative estimate of drug-likeness (QED) is 0.287. The maximum Gasteiger partial charge on any atom is 0.303 e. The van der Waals surface area contributed by atoms with Gasteiger partial charge in [0.05, 0.1) is 18.8 Å². The topological polar surface area (TPSA) is 78.8 Å². The Hall–Kier alpha value is -1.92. The van der Waals surface area contributed by atoms with E-state index in [1.54, 1.807) is 0 Å². The largest absolute Gasteiger partial charge is 0.481 e. The molecule has 35 heavy (non-hydrogen) atoms. The molecule has 2 aromatic rings. The van der Waals surface area contributed by atoms with Crippen molar-refractivity contribution in [1.29, 1.82) is 0 Å². The maximum atomic E-state index is 10.8. The molecular weight excluding hydrogens is 462 g/mol. The van der Waals surface area contributed by atoms with Crippen LogP contribution in [0.5, 0.6) is 0 Å². The van der Waals surface area contributed by atoms with Gasteiger partial charge in [-0.3, -0.25) is 4.79 Å². The van der Waals surface area contributed by atoms with E-state index >= 15 is 0 Å². The number of hydrogen-bond donors (Lipinski definition) is 3. The second-order valence-corrected chi connectivity index (χ2v) is 11.0. The summed E-state index contributed by atoms with van der Waals surface area (Å²) in [5.41, 5.74) is 4.98. The lowest BCUT2D eigenvalue weighted by atomic mass is 9.88. The predicted molar refractivity (Wildman–Crippen MR) is 141 cm³/mol. The summed E-state index contributed by atoms with van der Waals surface area (Å²) in [4.78, 5) is 10.8. The Morgan fingerprint density at radius 3 is 2.51 bits per heavy atom. The second-order valence-electron chi connectivity index (χ2n) is 10.6. The summed E-state index contributed by atoms with van der Waals surface area (Å²) in [6, 6.07) is 14.5. The number of benzene rings is 2. The van der Waals surface area contributed by atoms with Gasteiger partial charge < -0.3 is 20.3 Å². The minimum atomic E-state index is -0.771. The molecule has 0 amide bonds. The summed E-state index contributed by atoms with van der Waals surface area (Å²) in [5.74, 6) is -0.144. The fourth-order valence-corrected chi connectivity index (χ4v) is 5.36. The molecule has 0 spiro atoms. The Bertz CT molecular complexity index is 952. The van der Waals surface area contributed by atoms with Crippen molar-refractivity contribution in [3.8, 4) is 0 Å². The number of ether oxygens (including phenoxy) is 1. The summed E-state index contributed by atoms with van der Waals surface area (Å²) in [6.45, 7) is 7.10. The summed E-state index contributed by atoms with van der Waals surface area (Å²) in [6.07, 6.45) is 4.84. The highest BCUT2D eigenvalue weighted by atomic mass is 35.5. The molecule has 2 atom stereocenters. The number of aryl methyl sites for hydroxylation is 1. The smallest absolute Gasteiger partial charge is 0.303 e. The van der Waals surface area contributed by atoms with Crippen LogP contribution in [-0.2, 0) is 28.8 Å². The minimum absolute atomic E-state index is 0.0708. The van der Waals surface area contributed by atoms with Gasteiger partial charge in [0, 0.05) is 23.5 Å². The first-order chi connectivity index (χ1) is 16.6. The molecular formula is C29H40ClNO4. The van der Waals surface area contributed by atoms with Gasteiger partial charge in [0.2, 0.25) is 0 Å². The standard InChI is InChI=1S/C29H40ClNO4/c1-20(27-13-12-25(30)16-24(27)10-6-7-11-28(33)34)35-19-26(32)18-31-29(2,3)17-21-14-22-8-4-5-9-23(22)15-21/h4-5,8-9,12-13,16,20-21,26,31-32H,6-7,10-11,14-15,17-19H2,1-3H3,(H,33,34)/t20-,26-/m1/s1. The van der Waals surface area contributed by atoms with Gasteiger partial charge in [0.1, 0.15) is 0 Å². The Morgan fingerprint density at radius 2 is 1.86 bits per heavy atom. The third kappa shape index (κ3) is 8.91. The van der Waals surface area contributed by atoms with E-state index in [0.717, 1.165) is 43.2 Å². The van der Waals surface area contributed by atoms with Crippen LogP contribution >= 0.6 is 11.6 Å². The predicted octanol–water partition coefficient (Wildman–Crippen LogP) is 5.75. The van der Waals surface area contributed by atoms with Crippen LogP contribution in [0.25, 0.3) is 0 Å². The lowest BCUT2D eigenvalue weighted by molar-refractivity contribution is -0.137. The maximum absolute atomic E-state index is 10.8. The van der Waals surface area contributed by atoms with Crippen LogP contribution in [0.15, 0.2) is 42.5 Å². The zero-order chi connectivity index (χ0) is 25.4. The Balaban J connectivity index is 1.43. The van der Waals surface area contributed by atoms with Crippen LogP contribution in [0.4, 0.5) is 0 Å². The number of aliphatic hydroxyl groups excluding tert-OH is 1. The molecule has 0 aromatic heterocycles. The summed E-state index contributed by atoms with van der Waals surface area (Å²) < 4.78 is 6.03. The number of unbranched alkanes of at least 4 members (excludes halogenated alkanes) is 1. The number of halogens is 1. The molecule has 0 unspecified atom stereocenters. The number of nitrogens with one attached hydrogen (secondary N) is 1. The van der Waals surface area contributed by atoms with Crippen molar-refractivity contribution in [1.82, 2.24) is 5.32 Å². The fourth-order valence-electron chi connectivity index (χ4n) is 5.17. The number of carboxylic acids is 1. The van der Waals surface area contributed by atoms with Gasteiger partial charge in [-0.15, -0.1) is 0 Å². The van der Waals surface area contributed by atoms with Crippen LogP contribution in [0.1, 0.15) is 74.8 Å². The first-order valence-electron chi connectivity index (χ1n) is 12.7. The van der Waals surface area contributed by atoms with Gasteiger partial charge in [0.25, 0.3) is 0 Å². The first-order valence-corrected chi connectivity index (χ1v) is 13.1. The van der Waals surface area contributed by atoms with E-state index in [2.05, 4.69) is 43.4 Å². The van der Waals surface area contributed by atoms with Crippen LogP contribution in [0, 0.1) is 5.92 Å². The van der Waals surface area contributed by atoms with Crippen LogP contribution in [0.3, 0.4) is 0 Å². The normalized spacial score (nSPS) is 15.7. The molecule has 0 fully saturated rings. The highest BCUT2D eigenvalue weighted by Crippen LogP contribution is 2.32. The van der Waals surface area contributed by atoms with Crippen molar-refractivity contribution < 1.29 is 19.7 Å². The molecule has 0 saturated carbocycles. The van der Waals surface area contributed by atoms with Crippen molar-refractivity contribution >= 4 is 17.6 Å². The van der Waals surface area contributed by atoms with Crippen LogP contribution in [0.2, 0.25) is 5.02 Å². The van der Waals surface area contributed by atoms with Gasteiger partial charge in [-0.2, -0.15) is 0 Å². The summed E-state index contributed by atoms with van der Waals surface area (Å²) in [7, 11) is 0. The van der Waals surface area contributed by atoms with Crippen molar-refractivity contribution in [2.75, 3.05) is 13.2 Å². The molecule has 0 heterocycles. The molecule has 0 bridgehead atoms. The number of carboxylic acid groups (broad SMARTS) is 1. The Morgan fingerprint density at radius 1 is 1.17 bits per heavy atom. The Labute approximate surface area is 214 Å². The average Bonchev–Trinajstić information content (AvgIpc) is 3.20. The SMILES string of the molecule is C[C@@H](OC[C@H](O)CNC(C)(C)CC1Cc2ccccc2C1)c1ccc(Cl)cc1CCCCC(=O)O. The zero-order valence-electron chi connectivity index (χ0n) is 21.2. The number of hydrogen-bond acceptors (Lipinski definition) is 4. The van der Waals surface area contributed by atoms with Gasteiger partial charge in [-0.25, -0.2) is 0 Å². The Kier molecular flexibility index (Phi) is 10.2. The van der Waals surface area contributed by atoms with Crippen LogP contribution < -0.4 is 5.32 Å². The van der Waals surface area contributed by atoms with Crippen LogP contribution in [-0.4, -0.2) is 41.0 Å². The summed E-state index contributed by atoms with van der Waals surface area (Å²) in [5, 5.41) is 23.6. The van der Waals surface area contributed by atoms with E-state index < -0.39 is 12.1 Å². The molecule has 1 aliphatic rings. The van der Waals surface area contributed by atoms with E-state index in [1.165, 1.54) is 11.1 Å². The number of aliphatic carboxylic acids is 1.